The normalized spacial score (nSPS) is 29.0. The predicted molar refractivity (Wildman–Crippen MR) is 58.6 cm³/mol. The van der Waals surface area contributed by atoms with Crippen molar-refractivity contribution < 1.29 is 8.42 Å². The Kier molecular flexibility index (Phi) is 4.38. The molecule has 0 amide bonds. The summed E-state index contributed by atoms with van der Waals surface area (Å²) < 4.78 is 25.4. The smallest absolute Gasteiger partial charge is 0.211 e. The Morgan fingerprint density at radius 3 is 2.14 bits per heavy atom. The second-order valence-corrected chi connectivity index (χ2v) is 6.19. The lowest BCUT2D eigenvalue weighted by Crippen LogP contribution is -2.38. The first-order chi connectivity index (χ1) is 6.57. The van der Waals surface area contributed by atoms with Crippen LogP contribution in [-0.4, -0.2) is 20.2 Å². The van der Waals surface area contributed by atoms with E-state index in [1.807, 2.05) is 0 Å². The third-order valence-corrected chi connectivity index (χ3v) is 4.60. The minimum absolute atomic E-state index is 0.195. The second kappa shape index (κ2) is 5.12. The Morgan fingerprint density at radius 2 is 1.71 bits per heavy atom. The highest BCUT2D eigenvalue weighted by molar-refractivity contribution is 7.89. The van der Waals surface area contributed by atoms with E-state index in [2.05, 4.69) is 11.6 Å². The molecule has 0 spiro atoms. The van der Waals surface area contributed by atoms with Gasteiger partial charge in [0, 0.05) is 6.04 Å². The van der Waals surface area contributed by atoms with Crippen molar-refractivity contribution in [2.75, 3.05) is 5.75 Å². The number of sulfonamides is 1. The molecule has 0 radical (unpaired) electrons. The molecule has 3 nitrogen and oxygen atoms in total. The Morgan fingerprint density at radius 1 is 1.14 bits per heavy atom. The van der Waals surface area contributed by atoms with Crippen LogP contribution >= 0.6 is 0 Å². The molecule has 1 N–H and O–H groups in total. The van der Waals surface area contributed by atoms with E-state index >= 15 is 0 Å². The van der Waals surface area contributed by atoms with Crippen LogP contribution in [0.5, 0.6) is 0 Å². The van der Waals surface area contributed by atoms with E-state index < -0.39 is 10.0 Å². The average molecular weight is 219 g/mol. The van der Waals surface area contributed by atoms with Gasteiger partial charge in [-0.3, -0.25) is 0 Å². The zero-order chi connectivity index (χ0) is 10.6. The van der Waals surface area contributed by atoms with Gasteiger partial charge in [-0.2, -0.15) is 0 Å². The van der Waals surface area contributed by atoms with Gasteiger partial charge >= 0.3 is 0 Å². The van der Waals surface area contributed by atoms with Gasteiger partial charge in [-0.15, -0.1) is 0 Å². The van der Waals surface area contributed by atoms with Gasteiger partial charge in [0.05, 0.1) is 5.75 Å². The lowest BCUT2D eigenvalue weighted by molar-refractivity contribution is 0.306. The molecule has 0 bridgehead atoms. The van der Waals surface area contributed by atoms with Crippen LogP contribution in [0, 0.1) is 5.92 Å². The van der Waals surface area contributed by atoms with Crippen LogP contribution in [0.15, 0.2) is 0 Å². The molecule has 1 fully saturated rings. The number of hydrogen-bond donors (Lipinski definition) is 1. The van der Waals surface area contributed by atoms with E-state index in [9.17, 15) is 8.42 Å². The summed E-state index contributed by atoms with van der Waals surface area (Å²) in [4.78, 5) is 0. The summed E-state index contributed by atoms with van der Waals surface area (Å²) in [6, 6.07) is 0.197. The van der Waals surface area contributed by atoms with Crippen molar-refractivity contribution >= 4 is 10.0 Å². The highest BCUT2D eigenvalue weighted by atomic mass is 32.2. The third-order valence-electron chi connectivity index (χ3n) is 3.15. The van der Waals surface area contributed by atoms with Crippen molar-refractivity contribution in [2.24, 2.45) is 5.92 Å². The fraction of sp³-hybridized carbons (Fsp3) is 1.00. The van der Waals surface area contributed by atoms with Gasteiger partial charge in [-0.05, 0) is 38.5 Å². The fourth-order valence-corrected chi connectivity index (χ4v) is 2.94. The standard InChI is InChI=1S/C10H21NO2S/c1-3-9-5-7-10(8-6-9)11-14(12,13)4-2/h9-11H,3-8H2,1-2H3. The first-order valence-corrected chi connectivity index (χ1v) is 7.22. The summed E-state index contributed by atoms with van der Waals surface area (Å²) >= 11 is 0. The number of nitrogens with one attached hydrogen (secondary N) is 1. The van der Waals surface area contributed by atoms with Crippen LogP contribution in [-0.2, 0) is 10.0 Å². The quantitative estimate of drug-likeness (QED) is 0.785. The molecule has 84 valence electrons. The van der Waals surface area contributed by atoms with E-state index in [1.165, 1.54) is 19.3 Å². The summed E-state index contributed by atoms with van der Waals surface area (Å²) in [6.45, 7) is 3.89. The molecule has 0 aromatic heterocycles. The molecule has 0 heterocycles. The summed E-state index contributed by atoms with van der Waals surface area (Å²) in [5.41, 5.74) is 0. The molecule has 1 aliphatic rings. The van der Waals surface area contributed by atoms with Crippen molar-refractivity contribution in [2.45, 2.75) is 52.0 Å². The van der Waals surface area contributed by atoms with Crippen molar-refractivity contribution in [1.82, 2.24) is 4.72 Å². The van der Waals surface area contributed by atoms with Gasteiger partial charge in [-0.25, -0.2) is 13.1 Å². The topological polar surface area (TPSA) is 46.2 Å². The molecule has 0 saturated heterocycles. The Hall–Kier alpha value is -0.0900. The molecule has 1 aliphatic carbocycles. The predicted octanol–water partition coefficient (Wildman–Crippen LogP) is 1.89. The van der Waals surface area contributed by atoms with E-state index in [4.69, 9.17) is 0 Å². The third kappa shape index (κ3) is 3.58. The van der Waals surface area contributed by atoms with Crippen molar-refractivity contribution in [3.63, 3.8) is 0 Å². The monoisotopic (exact) mass is 219 g/mol. The lowest BCUT2D eigenvalue weighted by atomic mass is 9.85. The highest BCUT2D eigenvalue weighted by Crippen LogP contribution is 2.26. The molecule has 0 aromatic rings. The zero-order valence-electron chi connectivity index (χ0n) is 9.12. The Labute approximate surface area is 87.3 Å². The van der Waals surface area contributed by atoms with Gasteiger partial charge in [0.2, 0.25) is 10.0 Å². The van der Waals surface area contributed by atoms with E-state index in [-0.39, 0.29) is 11.8 Å². The molecule has 1 saturated carbocycles. The molecule has 14 heavy (non-hydrogen) atoms. The van der Waals surface area contributed by atoms with Crippen LogP contribution in [0.4, 0.5) is 0 Å². The lowest BCUT2D eigenvalue weighted by Gasteiger charge is -2.28. The SMILES string of the molecule is CCC1CCC(NS(=O)(=O)CC)CC1. The van der Waals surface area contributed by atoms with E-state index in [1.54, 1.807) is 6.92 Å². The van der Waals surface area contributed by atoms with E-state index in [0.717, 1.165) is 18.8 Å². The minimum Gasteiger partial charge on any atom is -0.212 e. The van der Waals surface area contributed by atoms with Crippen molar-refractivity contribution in [3.8, 4) is 0 Å². The van der Waals surface area contributed by atoms with Gasteiger partial charge in [0.1, 0.15) is 0 Å². The summed E-state index contributed by atoms with van der Waals surface area (Å²) in [7, 11) is -2.99. The van der Waals surface area contributed by atoms with Gasteiger partial charge in [-0.1, -0.05) is 13.3 Å². The van der Waals surface area contributed by atoms with Crippen molar-refractivity contribution in [1.29, 1.82) is 0 Å². The zero-order valence-corrected chi connectivity index (χ0v) is 9.94. The molecule has 4 heteroatoms. The summed E-state index contributed by atoms with van der Waals surface area (Å²) in [5, 5.41) is 0. The fourth-order valence-electron chi connectivity index (χ4n) is 2.03. The number of rotatable bonds is 4. The Bertz CT molecular complexity index is 253. The summed E-state index contributed by atoms with van der Waals surface area (Å²) in [5.74, 6) is 1.01. The van der Waals surface area contributed by atoms with Gasteiger partial charge < -0.3 is 0 Å². The minimum atomic E-state index is -2.99. The van der Waals surface area contributed by atoms with Gasteiger partial charge in [0.15, 0.2) is 0 Å². The van der Waals surface area contributed by atoms with Crippen LogP contribution in [0.1, 0.15) is 46.0 Å². The van der Waals surface area contributed by atoms with Gasteiger partial charge in [0.25, 0.3) is 0 Å². The molecule has 0 unspecified atom stereocenters. The largest absolute Gasteiger partial charge is 0.212 e. The van der Waals surface area contributed by atoms with E-state index in [0.29, 0.717) is 0 Å². The molecule has 0 aromatic carbocycles. The van der Waals surface area contributed by atoms with Crippen LogP contribution in [0.25, 0.3) is 0 Å². The molecular weight excluding hydrogens is 198 g/mol. The van der Waals surface area contributed by atoms with Crippen LogP contribution in [0.2, 0.25) is 0 Å². The first kappa shape index (κ1) is 12.0. The highest BCUT2D eigenvalue weighted by Gasteiger charge is 2.22. The Balaban J connectivity index is 2.36. The molecule has 0 atom stereocenters. The second-order valence-electron chi connectivity index (χ2n) is 4.15. The maximum atomic E-state index is 11.3. The maximum Gasteiger partial charge on any atom is 0.211 e. The average Bonchev–Trinajstić information content (AvgIpc) is 2.19. The van der Waals surface area contributed by atoms with Crippen LogP contribution < -0.4 is 4.72 Å². The first-order valence-electron chi connectivity index (χ1n) is 5.57. The van der Waals surface area contributed by atoms with Crippen LogP contribution in [0.3, 0.4) is 0 Å². The molecule has 1 rings (SSSR count). The molecule has 0 aliphatic heterocycles. The summed E-state index contributed by atoms with van der Waals surface area (Å²) in [6.07, 6.45) is 5.60. The van der Waals surface area contributed by atoms with Crippen molar-refractivity contribution in [3.05, 3.63) is 0 Å². The number of hydrogen-bond acceptors (Lipinski definition) is 2. The molecular formula is C10H21NO2S. The maximum absolute atomic E-state index is 11.3.